The van der Waals surface area contributed by atoms with E-state index in [9.17, 15) is 0 Å². The first-order chi connectivity index (χ1) is 11.2. The maximum Gasteiger partial charge on any atom is 0.0860 e. The van der Waals surface area contributed by atoms with Gasteiger partial charge >= 0.3 is 0 Å². The topological polar surface area (TPSA) is 18.5 Å². The van der Waals surface area contributed by atoms with Gasteiger partial charge in [0, 0.05) is 12.8 Å². The van der Waals surface area contributed by atoms with Crippen molar-refractivity contribution in [3.63, 3.8) is 0 Å². The van der Waals surface area contributed by atoms with Crippen LogP contribution in [0, 0.1) is 0 Å². The zero-order valence-corrected chi connectivity index (χ0v) is 13.7. The van der Waals surface area contributed by atoms with Crippen molar-refractivity contribution in [2.24, 2.45) is 0 Å². The minimum atomic E-state index is -0.0291. The molecule has 23 heavy (non-hydrogen) atoms. The van der Waals surface area contributed by atoms with Gasteiger partial charge in [-0.25, -0.2) is 0 Å². The minimum Gasteiger partial charge on any atom is -0.372 e. The SMILES string of the molecule is CC1CCC2(C[C@@H](c3ccccc3)O[C@@H](c3ccccc3)C2)O1. The molecule has 2 heteroatoms. The van der Waals surface area contributed by atoms with Crippen molar-refractivity contribution in [1.29, 1.82) is 0 Å². The van der Waals surface area contributed by atoms with Crippen LogP contribution in [0.2, 0.25) is 0 Å². The molecule has 2 aromatic rings. The molecule has 4 rings (SSSR count). The summed E-state index contributed by atoms with van der Waals surface area (Å²) in [6, 6.07) is 21.2. The molecule has 2 nitrogen and oxygen atoms in total. The van der Waals surface area contributed by atoms with E-state index in [0.717, 1.165) is 25.7 Å². The Hall–Kier alpha value is -1.64. The van der Waals surface area contributed by atoms with Gasteiger partial charge in [-0.2, -0.15) is 0 Å². The van der Waals surface area contributed by atoms with Crippen LogP contribution in [0.15, 0.2) is 60.7 Å². The van der Waals surface area contributed by atoms with E-state index in [4.69, 9.17) is 9.47 Å². The molecule has 0 aliphatic carbocycles. The predicted molar refractivity (Wildman–Crippen MR) is 91.2 cm³/mol. The van der Waals surface area contributed by atoms with Crippen LogP contribution in [0.1, 0.15) is 55.9 Å². The zero-order valence-electron chi connectivity index (χ0n) is 13.7. The summed E-state index contributed by atoms with van der Waals surface area (Å²) in [5.41, 5.74) is 2.49. The van der Waals surface area contributed by atoms with Gasteiger partial charge in [-0.15, -0.1) is 0 Å². The standard InChI is InChI=1S/C21H24O2/c1-16-12-13-21(23-16)14-19(17-8-4-2-5-9-17)22-20(15-21)18-10-6-3-7-11-18/h2-11,16,19-20H,12-15H2,1H3/t16?,19-,20+,21?. The monoisotopic (exact) mass is 308 g/mol. The molecule has 2 fully saturated rings. The average Bonchev–Trinajstić information content (AvgIpc) is 2.96. The van der Waals surface area contributed by atoms with Gasteiger partial charge in [0.15, 0.2) is 0 Å². The summed E-state index contributed by atoms with van der Waals surface area (Å²) < 4.78 is 12.9. The molecular weight excluding hydrogens is 284 g/mol. The molecule has 2 aromatic carbocycles. The normalized spacial score (nSPS) is 33.9. The summed E-state index contributed by atoms with van der Waals surface area (Å²) in [6.45, 7) is 2.19. The van der Waals surface area contributed by atoms with Crippen LogP contribution in [-0.2, 0) is 9.47 Å². The molecule has 2 saturated heterocycles. The van der Waals surface area contributed by atoms with E-state index in [1.54, 1.807) is 0 Å². The molecule has 0 amide bonds. The molecule has 0 bridgehead atoms. The number of ether oxygens (including phenoxy) is 2. The van der Waals surface area contributed by atoms with Crippen molar-refractivity contribution < 1.29 is 9.47 Å². The summed E-state index contributed by atoms with van der Waals surface area (Å²) in [4.78, 5) is 0. The molecular formula is C21H24O2. The Bertz CT molecular complexity index is 590. The number of rotatable bonds is 2. The van der Waals surface area contributed by atoms with Crippen molar-refractivity contribution in [2.45, 2.75) is 56.5 Å². The van der Waals surface area contributed by atoms with Crippen LogP contribution in [0.25, 0.3) is 0 Å². The fourth-order valence-corrected chi connectivity index (χ4v) is 4.09. The van der Waals surface area contributed by atoms with Crippen LogP contribution < -0.4 is 0 Å². The highest BCUT2D eigenvalue weighted by Crippen LogP contribution is 2.50. The first-order valence-electron chi connectivity index (χ1n) is 8.67. The first kappa shape index (κ1) is 14.9. The molecule has 2 aliphatic heterocycles. The first-order valence-corrected chi connectivity index (χ1v) is 8.67. The Labute approximate surface area is 138 Å². The smallest absolute Gasteiger partial charge is 0.0860 e. The summed E-state index contributed by atoms with van der Waals surface area (Å²) in [7, 11) is 0. The lowest BCUT2D eigenvalue weighted by molar-refractivity contribution is -0.165. The van der Waals surface area contributed by atoms with Crippen LogP contribution in [0.5, 0.6) is 0 Å². The molecule has 0 N–H and O–H groups in total. The van der Waals surface area contributed by atoms with Crippen molar-refractivity contribution in [3.05, 3.63) is 71.8 Å². The highest BCUT2D eigenvalue weighted by atomic mass is 16.5. The van der Waals surface area contributed by atoms with E-state index in [-0.39, 0.29) is 17.8 Å². The summed E-state index contributed by atoms with van der Waals surface area (Å²) in [5.74, 6) is 0. The van der Waals surface area contributed by atoms with Crippen molar-refractivity contribution in [3.8, 4) is 0 Å². The molecule has 2 aliphatic rings. The molecule has 2 heterocycles. The Kier molecular flexibility index (Phi) is 3.96. The molecule has 2 unspecified atom stereocenters. The maximum atomic E-state index is 6.50. The van der Waals surface area contributed by atoms with Crippen molar-refractivity contribution >= 4 is 0 Å². The fraction of sp³-hybridized carbons (Fsp3) is 0.429. The number of hydrogen-bond donors (Lipinski definition) is 0. The molecule has 0 saturated carbocycles. The molecule has 4 atom stereocenters. The summed E-state index contributed by atoms with van der Waals surface area (Å²) in [6.07, 6.45) is 4.81. The lowest BCUT2D eigenvalue weighted by atomic mass is 9.81. The second-order valence-corrected chi connectivity index (χ2v) is 6.99. The van der Waals surface area contributed by atoms with Crippen LogP contribution in [0.4, 0.5) is 0 Å². The van der Waals surface area contributed by atoms with E-state index in [1.807, 2.05) is 0 Å². The third-order valence-corrected chi connectivity index (χ3v) is 5.24. The second kappa shape index (κ2) is 6.10. The Balaban J connectivity index is 1.66. The summed E-state index contributed by atoms with van der Waals surface area (Å²) >= 11 is 0. The van der Waals surface area contributed by atoms with E-state index in [2.05, 4.69) is 67.6 Å². The van der Waals surface area contributed by atoms with Crippen LogP contribution >= 0.6 is 0 Å². The van der Waals surface area contributed by atoms with Gasteiger partial charge in [-0.05, 0) is 30.9 Å². The van der Waals surface area contributed by atoms with E-state index in [0.29, 0.717) is 6.10 Å². The molecule has 0 aromatic heterocycles. The zero-order chi connectivity index (χ0) is 15.7. The predicted octanol–water partition coefficient (Wildman–Crippen LogP) is 5.22. The quantitative estimate of drug-likeness (QED) is 0.757. The van der Waals surface area contributed by atoms with Gasteiger partial charge in [0.05, 0.1) is 23.9 Å². The van der Waals surface area contributed by atoms with E-state index >= 15 is 0 Å². The van der Waals surface area contributed by atoms with Gasteiger partial charge in [0.1, 0.15) is 0 Å². The number of benzene rings is 2. The third-order valence-electron chi connectivity index (χ3n) is 5.24. The largest absolute Gasteiger partial charge is 0.372 e. The average molecular weight is 308 g/mol. The molecule has 0 radical (unpaired) electrons. The fourth-order valence-electron chi connectivity index (χ4n) is 4.09. The van der Waals surface area contributed by atoms with Crippen molar-refractivity contribution in [2.75, 3.05) is 0 Å². The lowest BCUT2D eigenvalue weighted by Gasteiger charge is -2.42. The highest BCUT2D eigenvalue weighted by Gasteiger charge is 2.46. The van der Waals surface area contributed by atoms with E-state index in [1.165, 1.54) is 11.1 Å². The Morgan fingerprint density at radius 3 is 1.78 bits per heavy atom. The maximum absolute atomic E-state index is 6.50. The van der Waals surface area contributed by atoms with Gasteiger partial charge in [0.25, 0.3) is 0 Å². The van der Waals surface area contributed by atoms with Crippen molar-refractivity contribution in [1.82, 2.24) is 0 Å². The van der Waals surface area contributed by atoms with E-state index < -0.39 is 0 Å². The lowest BCUT2D eigenvalue weighted by Crippen LogP contribution is -2.39. The minimum absolute atomic E-state index is 0.0291. The Morgan fingerprint density at radius 2 is 1.35 bits per heavy atom. The summed E-state index contributed by atoms with van der Waals surface area (Å²) in [5, 5.41) is 0. The van der Waals surface area contributed by atoms with Gasteiger partial charge in [-0.1, -0.05) is 60.7 Å². The second-order valence-electron chi connectivity index (χ2n) is 6.99. The van der Waals surface area contributed by atoms with Crippen LogP contribution in [-0.4, -0.2) is 11.7 Å². The number of hydrogen-bond acceptors (Lipinski definition) is 2. The Morgan fingerprint density at radius 1 is 0.826 bits per heavy atom. The highest BCUT2D eigenvalue weighted by molar-refractivity contribution is 5.23. The van der Waals surface area contributed by atoms with Crippen LogP contribution in [0.3, 0.4) is 0 Å². The molecule has 1 spiro atoms. The van der Waals surface area contributed by atoms with Gasteiger partial charge in [0.2, 0.25) is 0 Å². The molecule has 120 valence electrons. The van der Waals surface area contributed by atoms with Gasteiger partial charge in [-0.3, -0.25) is 0 Å². The van der Waals surface area contributed by atoms with Gasteiger partial charge < -0.3 is 9.47 Å². The third kappa shape index (κ3) is 3.06.